The summed E-state index contributed by atoms with van der Waals surface area (Å²) in [6.45, 7) is 8.21. The lowest BCUT2D eigenvalue weighted by Crippen LogP contribution is -2.47. The lowest BCUT2D eigenvalue weighted by atomic mass is 10.1. The van der Waals surface area contributed by atoms with Gasteiger partial charge in [0.1, 0.15) is 0 Å². The average Bonchev–Trinajstić information content (AvgIpc) is 2.77. The molecule has 0 saturated carbocycles. The van der Waals surface area contributed by atoms with E-state index in [0.29, 0.717) is 47.8 Å². The first-order chi connectivity index (χ1) is 15.0. The number of rotatable bonds is 9. The van der Waals surface area contributed by atoms with Gasteiger partial charge in [-0.05, 0) is 23.6 Å². The number of methoxy groups -OCH3 is 1. The molecule has 0 spiro atoms. The van der Waals surface area contributed by atoms with Gasteiger partial charge in [0.05, 0.1) is 31.5 Å². The van der Waals surface area contributed by atoms with E-state index in [0.717, 1.165) is 19.6 Å². The molecule has 3 rings (SSSR count). The molecule has 7 heteroatoms. The number of hydrogen-bond donors (Lipinski definition) is 1. The second-order valence-electron chi connectivity index (χ2n) is 8.12. The van der Waals surface area contributed by atoms with E-state index < -0.39 is 0 Å². The summed E-state index contributed by atoms with van der Waals surface area (Å²) < 4.78 is 17.0. The monoisotopic (exact) mass is 446 g/mol. The van der Waals surface area contributed by atoms with Crippen molar-refractivity contribution in [2.24, 2.45) is 5.92 Å². The lowest BCUT2D eigenvalue weighted by Gasteiger charge is -2.33. The molecule has 1 aliphatic heterocycles. The highest BCUT2D eigenvalue weighted by Gasteiger charge is 2.22. The van der Waals surface area contributed by atoms with Crippen LogP contribution in [0.5, 0.6) is 11.5 Å². The van der Waals surface area contributed by atoms with Crippen molar-refractivity contribution in [1.82, 2.24) is 10.2 Å². The Kier molecular flexibility index (Phi) is 8.58. The molecule has 1 aliphatic rings. The van der Waals surface area contributed by atoms with E-state index in [4.69, 9.17) is 25.8 Å². The highest BCUT2D eigenvalue weighted by molar-refractivity contribution is 6.32. The van der Waals surface area contributed by atoms with Crippen molar-refractivity contribution in [2.75, 3.05) is 40.0 Å². The summed E-state index contributed by atoms with van der Waals surface area (Å²) in [5.41, 5.74) is 1.70. The molecule has 1 amide bonds. The molecule has 1 saturated heterocycles. The molecule has 2 aromatic carbocycles. The molecule has 0 radical (unpaired) electrons. The van der Waals surface area contributed by atoms with Gasteiger partial charge >= 0.3 is 0 Å². The van der Waals surface area contributed by atoms with Crippen LogP contribution >= 0.6 is 11.6 Å². The van der Waals surface area contributed by atoms with Gasteiger partial charge in [0.25, 0.3) is 5.91 Å². The predicted molar refractivity (Wildman–Crippen MR) is 122 cm³/mol. The minimum Gasteiger partial charge on any atom is -0.493 e. The zero-order valence-corrected chi connectivity index (χ0v) is 19.2. The highest BCUT2D eigenvalue weighted by atomic mass is 35.5. The van der Waals surface area contributed by atoms with Crippen molar-refractivity contribution >= 4 is 17.5 Å². The highest BCUT2D eigenvalue weighted by Crippen LogP contribution is 2.36. The fraction of sp³-hybridized carbons (Fsp3) is 0.458. The molecule has 1 atom stereocenters. The van der Waals surface area contributed by atoms with Crippen LogP contribution in [0, 0.1) is 5.92 Å². The first-order valence-corrected chi connectivity index (χ1v) is 11.0. The maximum absolute atomic E-state index is 12.7. The van der Waals surface area contributed by atoms with Crippen molar-refractivity contribution in [2.45, 2.75) is 26.5 Å². The summed E-state index contributed by atoms with van der Waals surface area (Å²) in [7, 11) is 1.53. The Morgan fingerprint density at radius 1 is 1.29 bits per heavy atom. The van der Waals surface area contributed by atoms with E-state index >= 15 is 0 Å². The maximum Gasteiger partial charge on any atom is 0.251 e. The van der Waals surface area contributed by atoms with E-state index in [2.05, 4.69) is 36.2 Å². The Labute approximate surface area is 189 Å². The first-order valence-electron chi connectivity index (χ1n) is 10.6. The number of hydrogen-bond acceptors (Lipinski definition) is 5. The Bertz CT molecular complexity index is 860. The van der Waals surface area contributed by atoms with Gasteiger partial charge in [0, 0.05) is 31.7 Å². The third-order valence-electron chi connectivity index (χ3n) is 5.01. The number of amides is 1. The number of carbonyl (C=O) groups is 1. The van der Waals surface area contributed by atoms with Crippen molar-refractivity contribution in [3.05, 3.63) is 58.6 Å². The van der Waals surface area contributed by atoms with Crippen LogP contribution in [0.1, 0.15) is 29.8 Å². The summed E-state index contributed by atoms with van der Waals surface area (Å²) in [5, 5.41) is 3.31. The molecule has 1 heterocycles. The summed E-state index contributed by atoms with van der Waals surface area (Å²) in [6, 6.07) is 13.6. The Morgan fingerprint density at radius 3 is 2.77 bits per heavy atom. The topological polar surface area (TPSA) is 60.0 Å². The van der Waals surface area contributed by atoms with Crippen molar-refractivity contribution in [3.8, 4) is 11.5 Å². The van der Waals surface area contributed by atoms with Gasteiger partial charge in [0.2, 0.25) is 0 Å². The molecular formula is C24H31ClN2O4. The normalized spacial score (nSPS) is 16.9. The number of nitrogens with one attached hydrogen (secondary N) is 1. The Balaban J connectivity index is 1.56. The van der Waals surface area contributed by atoms with Gasteiger partial charge in [-0.25, -0.2) is 0 Å². The molecule has 2 aromatic rings. The van der Waals surface area contributed by atoms with Crippen LogP contribution in [0.3, 0.4) is 0 Å². The van der Waals surface area contributed by atoms with E-state index in [-0.39, 0.29) is 12.0 Å². The average molecular weight is 447 g/mol. The molecule has 31 heavy (non-hydrogen) atoms. The fourth-order valence-corrected chi connectivity index (χ4v) is 3.70. The van der Waals surface area contributed by atoms with Gasteiger partial charge in [-0.3, -0.25) is 9.69 Å². The molecule has 0 aliphatic carbocycles. The minimum absolute atomic E-state index is 0.0626. The van der Waals surface area contributed by atoms with Crippen LogP contribution in [0.2, 0.25) is 5.02 Å². The molecule has 0 bridgehead atoms. The van der Waals surface area contributed by atoms with Crippen molar-refractivity contribution in [1.29, 1.82) is 0 Å². The van der Waals surface area contributed by atoms with E-state index in [1.807, 2.05) is 18.2 Å². The zero-order chi connectivity index (χ0) is 22.2. The first kappa shape index (κ1) is 23.4. The number of morpholine rings is 1. The molecule has 1 N–H and O–H groups in total. The van der Waals surface area contributed by atoms with Gasteiger partial charge in [0.15, 0.2) is 11.5 Å². The smallest absolute Gasteiger partial charge is 0.251 e. The van der Waals surface area contributed by atoms with E-state index in [9.17, 15) is 4.79 Å². The van der Waals surface area contributed by atoms with Gasteiger partial charge in [-0.1, -0.05) is 55.8 Å². The number of carbonyl (C=O) groups excluding carboxylic acids is 1. The molecule has 1 fully saturated rings. The van der Waals surface area contributed by atoms with Crippen LogP contribution in [-0.2, 0) is 11.3 Å². The number of benzene rings is 2. The Hall–Kier alpha value is -2.28. The van der Waals surface area contributed by atoms with Crippen LogP contribution in [0.4, 0.5) is 0 Å². The van der Waals surface area contributed by atoms with Crippen LogP contribution in [0.15, 0.2) is 42.5 Å². The molecule has 168 valence electrons. The molecule has 1 unspecified atom stereocenters. The van der Waals surface area contributed by atoms with E-state index in [1.165, 1.54) is 12.7 Å². The summed E-state index contributed by atoms with van der Waals surface area (Å²) in [6.07, 6.45) is -0.0626. The van der Waals surface area contributed by atoms with Gasteiger partial charge < -0.3 is 19.5 Å². The number of ether oxygens (including phenoxy) is 3. The Morgan fingerprint density at radius 2 is 2.06 bits per heavy atom. The fourth-order valence-electron chi connectivity index (χ4n) is 3.44. The van der Waals surface area contributed by atoms with Crippen LogP contribution in [-0.4, -0.2) is 56.9 Å². The quantitative estimate of drug-likeness (QED) is 0.630. The van der Waals surface area contributed by atoms with Gasteiger partial charge in [-0.15, -0.1) is 0 Å². The third-order valence-corrected chi connectivity index (χ3v) is 5.30. The maximum atomic E-state index is 12.7. The van der Waals surface area contributed by atoms with Gasteiger partial charge in [-0.2, -0.15) is 0 Å². The van der Waals surface area contributed by atoms with Crippen molar-refractivity contribution < 1.29 is 19.0 Å². The molecule has 0 aromatic heterocycles. The zero-order valence-electron chi connectivity index (χ0n) is 18.4. The molecular weight excluding hydrogens is 416 g/mol. The van der Waals surface area contributed by atoms with E-state index in [1.54, 1.807) is 12.1 Å². The van der Waals surface area contributed by atoms with Crippen molar-refractivity contribution in [3.63, 3.8) is 0 Å². The minimum atomic E-state index is -0.223. The SMILES string of the molecule is COc1cc(C(=O)NCC2CN(Cc3ccccc3)CCO2)cc(Cl)c1OCC(C)C. The summed E-state index contributed by atoms with van der Waals surface area (Å²) >= 11 is 6.37. The summed E-state index contributed by atoms with van der Waals surface area (Å²) in [5.74, 6) is 1.03. The predicted octanol–water partition coefficient (Wildman–Crippen LogP) is 4.01. The standard InChI is InChI=1S/C24H31ClN2O4/c1-17(2)16-31-23-21(25)11-19(12-22(23)29-3)24(28)26-13-20-15-27(9-10-30-20)14-18-7-5-4-6-8-18/h4-8,11-12,17,20H,9-10,13-16H2,1-3H3,(H,26,28). The third kappa shape index (κ3) is 6.86. The summed E-state index contributed by atoms with van der Waals surface area (Å²) in [4.78, 5) is 15.1. The second kappa shape index (κ2) is 11.4. The number of nitrogens with zero attached hydrogens (tertiary/aromatic N) is 1. The second-order valence-corrected chi connectivity index (χ2v) is 8.53. The molecule has 6 nitrogen and oxygen atoms in total. The van der Waals surface area contributed by atoms with Crippen LogP contribution < -0.4 is 14.8 Å². The lowest BCUT2D eigenvalue weighted by molar-refractivity contribution is -0.0292. The van der Waals surface area contributed by atoms with Crippen LogP contribution in [0.25, 0.3) is 0 Å². The largest absolute Gasteiger partial charge is 0.493 e. The number of halogens is 1.